The maximum Gasteiger partial charge on any atom is 0.262 e. The molecule has 0 spiro atoms. The molecule has 6 aromatic carbocycles. The lowest BCUT2D eigenvalue weighted by Gasteiger charge is -2.20. The van der Waals surface area contributed by atoms with Gasteiger partial charge in [0.15, 0.2) is 7.14 Å². The second-order valence-corrected chi connectivity index (χ2v) is 17.6. The highest BCUT2D eigenvalue weighted by Crippen LogP contribution is 2.43. The van der Waals surface area contributed by atoms with E-state index >= 15 is 0 Å². The molecule has 0 saturated carbocycles. The predicted octanol–water partition coefficient (Wildman–Crippen LogP) is 7.64. The molecule has 0 heterocycles. The smallest absolute Gasteiger partial charge is 0.262 e. The Labute approximate surface area is 327 Å². The van der Waals surface area contributed by atoms with E-state index in [0.29, 0.717) is 35.2 Å². The van der Waals surface area contributed by atoms with E-state index in [1.165, 1.54) is 30.3 Å². The van der Waals surface area contributed by atoms with Gasteiger partial charge in [0.1, 0.15) is 42.9 Å². The number of aliphatic hydroxyl groups excluding tert-OH is 1. The second-order valence-electron chi connectivity index (χ2n) is 12.7. The van der Waals surface area contributed by atoms with Gasteiger partial charge in [-0.15, -0.1) is 0 Å². The summed E-state index contributed by atoms with van der Waals surface area (Å²) in [6.07, 6.45) is -0.0694. The van der Waals surface area contributed by atoms with Gasteiger partial charge in [0.05, 0.1) is 10.6 Å². The van der Waals surface area contributed by atoms with Crippen LogP contribution in [0.25, 0.3) is 0 Å². The molecule has 0 bridgehead atoms. The third kappa shape index (κ3) is 11.2. The van der Waals surface area contributed by atoms with Crippen LogP contribution in [-0.4, -0.2) is 45.7 Å². The number of hydrogen-bond acceptors (Lipinski definition) is 8. The highest BCUT2D eigenvalue weighted by molar-refractivity contribution is 7.92. The van der Waals surface area contributed by atoms with Crippen molar-refractivity contribution in [1.82, 2.24) is 5.32 Å². The van der Waals surface area contributed by atoms with Gasteiger partial charge in [-0.05, 0) is 72.6 Å². The van der Waals surface area contributed by atoms with Crippen LogP contribution in [0.1, 0.15) is 11.1 Å². The minimum Gasteiger partial charge on any atom is -0.491 e. The molecule has 0 aliphatic heterocycles. The van der Waals surface area contributed by atoms with Crippen LogP contribution in [0.15, 0.2) is 163 Å². The van der Waals surface area contributed by atoms with Crippen molar-refractivity contribution in [1.29, 1.82) is 0 Å². The number of ether oxygens (including phenoxy) is 3. The van der Waals surface area contributed by atoms with E-state index in [1.807, 2.05) is 115 Å². The first-order chi connectivity index (χ1) is 26.7. The molecule has 0 saturated heterocycles. The SMILES string of the molecule is O=P(COc1ccc(CCNC[C@H](O)COc2ccc(OCc3ccccc3)c(NS(=O)(=O)c3ccc(Cl)cc3)c2)cc1)(c1ccccc1)c1ccccc1. The zero-order valence-corrected chi connectivity index (χ0v) is 32.4. The van der Waals surface area contributed by atoms with E-state index in [4.69, 9.17) is 25.8 Å². The quantitative estimate of drug-likeness (QED) is 0.0565. The van der Waals surface area contributed by atoms with Crippen LogP contribution in [0, 0.1) is 0 Å². The molecule has 9 nitrogen and oxygen atoms in total. The van der Waals surface area contributed by atoms with Crippen molar-refractivity contribution in [3.05, 3.63) is 174 Å². The largest absolute Gasteiger partial charge is 0.491 e. The van der Waals surface area contributed by atoms with Gasteiger partial charge in [-0.3, -0.25) is 4.72 Å². The van der Waals surface area contributed by atoms with Crippen LogP contribution in [0.4, 0.5) is 5.69 Å². The summed E-state index contributed by atoms with van der Waals surface area (Å²) in [5.41, 5.74) is 2.18. The summed E-state index contributed by atoms with van der Waals surface area (Å²) in [4.78, 5) is 0.0391. The molecule has 284 valence electrons. The Morgan fingerprint density at radius 1 is 0.673 bits per heavy atom. The standard InChI is InChI=1S/C43H42ClN2O7PS/c44-35-18-23-41(24-19-35)55(49,50)46-42-28-38(22-25-43(42)52-30-34-10-4-1-5-11-34)51-31-36(47)29-45-27-26-33-16-20-37(21-17-33)53-32-54(48,39-12-6-2-7-13-39)40-14-8-3-9-15-40/h1-25,28,36,45-47H,26-27,29-32H2/t36-/m0/s1. The summed E-state index contributed by atoms with van der Waals surface area (Å²) in [5.74, 6) is 1.30. The van der Waals surface area contributed by atoms with E-state index in [9.17, 15) is 18.1 Å². The van der Waals surface area contributed by atoms with Gasteiger partial charge in [-0.2, -0.15) is 0 Å². The van der Waals surface area contributed by atoms with E-state index < -0.39 is 23.3 Å². The fraction of sp³-hybridized carbons (Fsp3) is 0.163. The van der Waals surface area contributed by atoms with Crippen LogP contribution in [0.2, 0.25) is 5.02 Å². The van der Waals surface area contributed by atoms with Gasteiger partial charge in [0, 0.05) is 28.2 Å². The molecule has 0 aromatic heterocycles. The zero-order chi connectivity index (χ0) is 38.5. The maximum atomic E-state index is 14.2. The van der Waals surface area contributed by atoms with E-state index in [0.717, 1.165) is 21.7 Å². The van der Waals surface area contributed by atoms with E-state index in [-0.39, 0.29) is 36.7 Å². The fourth-order valence-electron chi connectivity index (χ4n) is 5.66. The second kappa shape index (κ2) is 19.0. The Morgan fingerprint density at radius 3 is 1.91 bits per heavy atom. The molecule has 6 rings (SSSR count). The predicted molar refractivity (Wildman–Crippen MR) is 219 cm³/mol. The summed E-state index contributed by atoms with van der Waals surface area (Å²) in [7, 11) is -6.98. The first-order valence-electron chi connectivity index (χ1n) is 17.7. The molecule has 12 heteroatoms. The van der Waals surface area contributed by atoms with Crippen molar-refractivity contribution < 1.29 is 32.3 Å². The van der Waals surface area contributed by atoms with Crippen LogP contribution in [-0.2, 0) is 27.6 Å². The molecule has 3 N–H and O–H groups in total. The van der Waals surface area contributed by atoms with Crippen molar-refractivity contribution >= 4 is 45.1 Å². The summed E-state index contributed by atoms with van der Waals surface area (Å²) in [6.45, 7) is 1.09. The topological polar surface area (TPSA) is 123 Å². The fourth-order valence-corrected chi connectivity index (χ4v) is 9.09. The first kappa shape index (κ1) is 39.6. The molecule has 0 fully saturated rings. The molecule has 6 aromatic rings. The molecule has 0 unspecified atom stereocenters. The Hall–Kier alpha value is -5.09. The van der Waals surface area contributed by atoms with Crippen LogP contribution in [0.3, 0.4) is 0 Å². The highest BCUT2D eigenvalue weighted by atomic mass is 35.5. The lowest BCUT2D eigenvalue weighted by molar-refractivity contribution is 0.106. The molecule has 55 heavy (non-hydrogen) atoms. The number of halogens is 1. The maximum absolute atomic E-state index is 14.2. The van der Waals surface area contributed by atoms with Gasteiger partial charge >= 0.3 is 0 Å². The van der Waals surface area contributed by atoms with Crippen molar-refractivity contribution in [2.24, 2.45) is 0 Å². The van der Waals surface area contributed by atoms with Crippen molar-refractivity contribution in [3.63, 3.8) is 0 Å². The van der Waals surface area contributed by atoms with Crippen LogP contribution in [0.5, 0.6) is 17.2 Å². The van der Waals surface area contributed by atoms with Crippen LogP contribution < -0.4 is 34.9 Å². The Balaban J connectivity index is 0.989. The summed E-state index contributed by atoms with van der Waals surface area (Å²) >= 11 is 5.96. The molecular formula is C43H42ClN2O7PS. The number of rotatable bonds is 19. The number of anilines is 1. The van der Waals surface area contributed by atoms with E-state index in [2.05, 4.69) is 10.0 Å². The minimum atomic E-state index is -3.98. The number of sulfonamides is 1. The number of nitrogens with one attached hydrogen (secondary N) is 2. The van der Waals surface area contributed by atoms with Gasteiger partial charge < -0.3 is 29.2 Å². The Bertz CT molecular complexity index is 2220. The number of hydrogen-bond donors (Lipinski definition) is 3. The van der Waals surface area contributed by atoms with Crippen molar-refractivity contribution in [2.45, 2.75) is 24.0 Å². The average Bonchev–Trinajstić information content (AvgIpc) is 3.22. The first-order valence-corrected chi connectivity index (χ1v) is 21.5. The summed E-state index contributed by atoms with van der Waals surface area (Å²) in [5, 5.41) is 15.8. The summed E-state index contributed by atoms with van der Waals surface area (Å²) < 4.78 is 61.2. The van der Waals surface area contributed by atoms with Gasteiger partial charge in [-0.1, -0.05) is 115 Å². The number of aliphatic hydroxyl groups is 1. The third-order valence-electron chi connectivity index (χ3n) is 8.65. The Morgan fingerprint density at radius 2 is 1.27 bits per heavy atom. The van der Waals surface area contributed by atoms with Gasteiger partial charge in [0.2, 0.25) is 0 Å². The summed E-state index contributed by atoms with van der Waals surface area (Å²) in [6, 6.07) is 46.8. The van der Waals surface area contributed by atoms with Gasteiger partial charge in [-0.25, -0.2) is 8.42 Å². The normalized spacial score (nSPS) is 12.1. The molecule has 0 amide bonds. The minimum absolute atomic E-state index is 0.0253. The molecular weight excluding hydrogens is 755 g/mol. The Kier molecular flexibility index (Phi) is 13.7. The van der Waals surface area contributed by atoms with Crippen LogP contribution >= 0.6 is 18.7 Å². The molecule has 0 aliphatic carbocycles. The highest BCUT2D eigenvalue weighted by Gasteiger charge is 2.28. The van der Waals surface area contributed by atoms with Gasteiger partial charge in [0.25, 0.3) is 10.0 Å². The zero-order valence-electron chi connectivity index (χ0n) is 30.0. The van der Waals surface area contributed by atoms with Crippen molar-refractivity contribution in [2.75, 3.05) is 30.8 Å². The monoisotopic (exact) mass is 796 g/mol. The third-order valence-corrected chi connectivity index (χ3v) is 13.0. The average molecular weight is 797 g/mol. The molecule has 0 aliphatic rings. The van der Waals surface area contributed by atoms with E-state index in [1.54, 1.807) is 12.1 Å². The number of benzene rings is 6. The molecule has 1 atom stereocenters. The van der Waals surface area contributed by atoms with Crippen molar-refractivity contribution in [3.8, 4) is 17.2 Å². The lowest BCUT2D eigenvalue weighted by atomic mass is 10.1. The lowest BCUT2D eigenvalue weighted by Crippen LogP contribution is -2.32. The molecule has 0 radical (unpaired) electrons.